The summed E-state index contributed by atoms with van der Waals surface area (Å²) < 4.78 is 7.31. The quantitative estimate of drug-likeness (QED) is 0.779. The van der Waals surface area contributed by atoms with Crippen molar-refractivity contribution < 1.29 is 9.53 Å². The van der Waals surface area contributed by atoms with Gasteiger partial charge < -0.3 is 10.5 Å². The molecule has 6 heteroatoms. The number of rotatable bonds is 7. The van der Waals surface area contributed by atoms with E-state index in [-0.39, 0.29) is 5.78 Å². The lowest BCUT2D eigenvalue weighted by Gasteiger charge is -2.14. The first-order valence-corrected chi connectivity index (χ1v) is 6.76. The summed E-state index contributed by atoms with van der Waals surface area (Å²) in [5, 5.41) is 4.15. The predicted octanol–water partition coefficient (Wildman–Crippen LogP) is 1.85. The molecule has 0 fully saturated rings. The fraction of sp³-hybridized carbons (Fsp3) is 0.667. The lowest BCUT2D eigenvalue weighted by Crippen LogP contribution is -2.34. The van der Waals surface area contributed by atoms with Gasteiger partial charge in [0.2, 0.25) is 0 Å². The number of halogens is 1. The monoisotopic (exact) mass is 317 g/mol. The molecular formula is C12H20BrN3O2. The van der Waals surface area contributed by atoms with Gasteiger partial charge in [-0.05, 0) is 28.3 Å². The summed E-state index contributed by atoms with van der Waals surface area (Å²) in [4.78, 5) is 12.3. The van der Waals surface area contributed by atoms with E-state index < -0.39 is 6.04 Å². The van der Waals surface area contributed by atoms with E-state index >= 15 is 0 Å². The van der Waals surface area contributed by atoms with Gasteiger partial charge in [-0.3, -0.25) is 9.48 Å². The summed E-state index contributed by atoms with van der Waals surface area (Å²) in [6.07, 6.45) is 2.28. The normalized spacial score (nSPS) is 13.0. The van der Waals surface area contributed by atoms with Crippen molar-refractivity contribution in [2.75, 3.05) is 13.7 Å². The first kappa shape index (κ1) is 15.3. The molecule has 0 radical (unpaired) electrons. The molecule has 1 aromatic heterocycles. The molecule has 0 aromatic carbocycles. The van der Waals surface area contributed by atoms with Crippen LogP contribution in [0.25, 0.3) is 0 Å². The second kappa shape index (κ2) is 7.01. The Bertz CT molecular complexity index is 404. The van der Waals surface area contributed by atoms with E-state index in [1.54, 1.807) is 18.0 Å². The smallest absolute Gasteiger partial charge is 0.198 e. The van der Waals surface area contributed by atoms with Crippen LogP contribution < -0.4 is 5.73 Å². The van der Waals surface area contributed by atoms with E-state index in [4.69, 9.17) is 10.5 Å². The fourth-order valence-electron chi connectivity index (χ4n) is 1.75. The van der Waals surface area contributed by atoms with Crippen LogP contribution in [0.15, 0.2) is 10.7 Å². The van der Waals surface area contributed by atoms with Gasteiger partial charge in [0.1, 0.15) is 5.69 Å². The Balaban J connectivity index is 2.86. The Morgan fingerprint density at radius 3 is 2.83 bits per heavy atom. The van der Waals surface area contributed by atoms with Gasteiger partial charge in [0, 0.05) is 7.11 Å². The number of nitrogens with zero attached hydrogens (tertiary/aromatic N) is 2. The SMILES string of the molecule is COCCn1ncc(Br)c1C(=O)C(N)CC(C)C. The van der Waals surface area contributed by atoms with Crippen molar-refractivity contribution in [2.24, 2.45) is 11.7 Å². The van der Waals surface area contributed by atoms with E-state index in [0.29, 0.717) is 35.7 Å². The second-order valence-corrected chi connectivity index (χ2v) is 5.51. The molecule has 1 heterocycles. The molecule has 102 valence electrons. The molecule has 1 aromatic rings. The summed E-state index contributed by atoms with van der Waals surface area (Å²) in [5.41, 5.74) is 6.46. The van der Waals surface area contributed by atoms with Crippen LogP contribution >= 0.6 is 15.9 Å². The third kappa shape index (κ3) is 3.90. The number of carbonyl (C=O) groups is 1. The summed E-state index contributed by atoms with van der Waals surface area (Å²) in [6, 6.07) is -0.487. The molecule has 1 unspecified atom stereocenters. The molecule has 0 saturated carbocycles. The van der Waals surface area contributed by atoms with E-state index in [1.807, 2.05) is 13.8 Å². The van der Waals surface area contributed by atoms with Crippen LogP contribution in [-0.2, 0) is 11.3 Å². The first-order chi connectivity index (χ1) is 8.47. The van der Waals surface area contributed by atoms with Crippen LogP contribution in [0.3, 0.4) is 0 Å². The van der Waals surface area contributed by atoms with Gasteiger partial charge in [-0.1, -0.05) is 13.8 Å². The highest BCUT2D eigenvalue weighted by atomic mass is 79.9. The van der Waals surface area contributed by atoms with E-state index in [0.717, 1.165) is 0 Å². The zero-order valence-corrected chi connectivity index (χ0v) is 12.6. The van der Waals surface area contributed by atoms with Crippen molar-refractivity contribution in [3.8, 4) is 0 Å². The topological polar surface area (TPSA) is 70.1 Å². The zero-order chi connectivity index (χ0) is 13.7. The van der Waals surface area contributed by atoms with Gasteiger partial charge >= 0.3 is 0 Å². The largest absolute Gasteiger partial charge is 0.383 e. The molecule has 0 amide bonds. The number of hydrogen-bond acceptors (Lipinski definition) is 4. The average Bonchev–Trinajstić information content (AvgIpc) is 2.66. The number of ketones is 1. The van der Waals surface area contributed by atoms with Crippen LogP contribution in [0, 0.1) is 5.92 Å². The Hall–Kier alpha value is -0.720. The average molecular weight is 318 g/mol. The summed E-state index contributed by atoms with van der Waals surface area (Å²) in [5.74, 6) is 0.308. The summed E-state index contributed by atoms with van der Waals surface area (Å²) in [6.45, 7) is 5.14. The maximum absolute atomic E-state index is 12.3. The number of carbonyl (C=O) groups excluding carboxylic acids is 1. The number of nitrogens with two attached hydrogens (primary N) is 1. The number of aromatic nitrogens is 2. The first-order valence-electron chi connectivity index (χ1n) is 5.97. The number of Topliss-reactive ketones (excluding diaryl/α,β-unsaturated/α-hetero) is 1. The maximum atomic E-state index is 12.3. The molecule has 0 bridgehead atoms. The molecule has 0 aliphatic rings. The predicted molar refractivity (Wildman–Crippen MR) is 73.6 cm³/mol. The van der Waals surface area contributed by atoms with Crippen LogP contribution in [0.1, 0.15) is 30.8 Å². The van der Waals surface area contributed by atoms with Crippen LogP contribution in [0.5, 0.6) is 0 Å². The molecule has 18 heavy (non-hydrogen) atoms. The van der Waals surface area contributed by atoms with Crippen molar-refractivity contribution in [3.63, 3.8) is 0 Å². The van der Waals surface area contributed by atoms with E-state index in [9.17, 15) is 4.79 Å². The number of methoxy groups -OCH3 is 1. The minimum absolute atomic E-state index is 0.0795. The Morgan fingerprint density at radius 1 is 1.61 bits per heavy atom. The Labute approximate surface area is 116 Å². The maximum Gasteiger partial charge on any atom is 0.198 e. The van der Waals surface area contributed by atoms with E-state index in [1.165, 1.54) is 0 Å². The molecular weight excluding hydrogens is 298 g/mol. The lowest BCUT2D eigenvalue weighted by atomic mass is 9.99. The van der Waals surface area contributed by atoms with Gasteiger partial charge in [0.15, 0.2) is 5.78 Å². The minimum atomic E-state index is -0.487. The minimum Gasteiger partial charge on any atom is -0.383 e. The standard InChI is InChI=1S/C12H20BrN3O2/c1-8(2)6-10(14)12(17)11-9(13)7-15-16(11)4-5-18-3/h7-8,10H,4-6,14H2,1-3H3. The molecule has 0 spiro atoms. The van der Waals surface area contributed by atoms with Gasteiger partial charge in [-0.15, -0.1) is 0 Å². The third-order valence-corrected chi connectivity index (χ3v) is 3.18. The highest BCUT2D eigenvalue weighted by Crippen LogP contribution is 2.19. The van der Waals surface area contributed by atoms with Gasteiger partial charge in [0.25, 0.3) is 0 Å². The molecule has 0 aliphatic carbocycles. The Kier molecular flexibility index (Phi) is 5.98. The van der Waals surface area contributed by atoms with Crippen molar-refractivity contribution >= 4 is 21.7 Å². The summed E-state index contributed by atoms with van der Waals surface area (Å²) in [7, 11) is 1.62. The van der Waals surface area contributed by atoms with Gasteiger partial charge in [0.05, 0.1) is 29.9 Å². The molecule has 1 atom stereocenters. The van der Waals surface area contributed by atoms with Gasteiger partial charge in [-0.25, -0.2) is 0 Å². The van der Waals surface area contributed by atoms with Crippen molar-refractivity contribution in [2.45, 2.75) is 32.9 Å². The molecule has 2 N–H and O–H groups in total. The molecule has 0 aliphatic heterocycles. The molecule has 5 nitrogen and oxygen atoms in total. The number of hydrogen-bond donors (Lipinski definition) is 1. The van der Waals surface area contributed by atoms with Crippen molar-refractivity contribution in [1.29, 1.82) is 0 Å². The molecule has 1 rings (SSSR count). The fourth-order valence-corrected chi connectivity index (χ4v) is 2.24. The second-order valence-electron chi connectivity index (χ2n) is 4.66. The van der Waals surface area contributed by atoms with Crippen LogP contribution in [-0.4, -0.2) is 35.3 Å². The van der Waals surface area contributed by atoms with Crippen LogP contribution in [0.2, 0.25) is 0 Å². The molecule has 0 saturated heterocycles. The van der Waals surface area contributed by atoms with Crippen molar-refractivity contribution in [3.05, 3.63) is 16.4 Å². The zero-order valence-electron chi connectivity index (χ0n) is 11.0. The Morgan fingerprint density at radius 2 is 2.28 bits per heavy atom. The highest BCUT2D eigenvalue weighted by molar-refractivity contribution is 9.10. The van der Waals surface area contributed by atoms with E-state index in [2.05, 4.69) is 21.0 Å². The van der Waals surface area contributed by atoms with Gasteiger partial charge in [-0.2, -0.15) is 5.10 Å². The number of ether oxygens (including phenoxy) is 1. The highest BCUT2D eigenvalue weighted by Gasteiger charge is 2.23. The van der Waals surface area contributed by atoms with Crippen LogP contribution in [0.4, 0.5) is 0 Å². The lowest BCUT2D eigenvalue weighted by molar-refractivity contribution is 0.0936. The van der Waals surface area contributed by atoms with Crippen molar-refractivity contribution in [1.82, 2.24) is 9.78 Å². The summed E-state index contributed by atoms with van der Waals surface area (Å²) >= 11 is 3.34. The third-order valence-electron chi connectivity index (χ3n) is 2.60.